The molecule has 0 saturated carbocycles. The second kappa shape index (κ2) is 6.58. The third kappa shape index (κ3) is 3.69. The van der Waals surface area contributed by atoms with Gasteiger partial charge in [-0.25, -0.2) is 0 Å². The Hall–Kier alpha value is -1.12. The van der Waals surface area contributed by atoms with Gasteiger partial charge in [0.05, 0.1) is 18.1 Å². The molecular formula is C12H21N3O2. The van der Waals surface area contributed by atoms with Gasteiger partial charge in [0.25, 0.3) is 5.91 Å². The number of nitrogens with two attached hydrogens (primary N) is 1. The molecule has 0 spiro atoms. The minimum absolute atomic E-state index is 0.00875. The summed E-state index contributed by atoms with van der Waals surface area (Å²) in [4.78, 5) is 13.8. The first kappa shape index (κ1) is 13.9. The van der Waals surface area contributed by atoms with Crippen molar-refractivity contribution in [3.63, 3.8) is 0 Å². The van der Waals surface area contributed by atoms with E-state index in [9.17, 15) is 4.79 Å². The Morgan fingerprint density at radius 1 is 1.65 bits per heavy atom. The third-order valence-electron chi connectivity index (χ3n) is 3.05. The van der Waals surface area contributed by atoms with E-state index < -0.39 is 0 Å². The van der Waals surface area contributed by atoms with E-state index in [0.717, 1.165) is 12.8 Å². The molecule has 0 bridgehead atoms. The maximum absolute atomic E-state index is 12.1. The van der Waals surface area contributed by atoms with Crippen molar-refractivity contribution in [3.05, 3.63) is 0 Å². The second-order valence-corrected chi connectivity index (χ2v) is 4.47. The lowest BCUT2D eigenvalue weighted by atomic mass is 10.1. The molecule has 0 radical (unpaired) electrons. The van der Waals surface area contributed by atoms with Crippen molar-refractivity contribution in [3.8, 4) is 6.07 Å². The number of hydrogen-bond acceptors (Lipinski definition) is 4. The molecule has 0 aromatic carbocycles. The van der Waals surface area contributed by atoms with Gasteiger partial charge in [0.15, 0.2) is 0 Å². The molecule has 5 nitrogen and oxygen atoms in total. The standard InChI is InChI=1S/C12H21N3O2/c1-3-15(8-9(2)6-13)12(16)11-5-4-10(7-14)17-11/h9-11H,3-5,7-8,14H2,1-2H3. The molecule has 1 amide bonds. The van der Waals surface area contributed by atoms with Crippen molar-refractivity contribution in [2.45, 2.75) is 38.9 Å². The number of rotatable bonds is 5. The first-order chi connectivity index (χ1) is 8.12. The van der Waals surface area contributed by atoms with Gasteiger partial charge in [0.1, 0.15) is 6.10 Å². The van der Waals surface area contributed by atoms with Crippen LogP contribution >= 0.6 is 0 Å². The first-order valence-electron chi connectivity index (χ1n) is 6.16. The summed E-state index contributed by atoms with van der Waals surface area (Å²) in [5.41, 5.74) is 5.51. The summed E-state index contributed by atoms with van der Waals surface area (Å²) in [5, 5.41) is 8.77. The van der Waals surface area contributed by atoms with Crippen LogP contribution in [-0.4, -0.2) is 42.6 Å². The van der Waals surface area contributed by atoms with Crippen LogP contribution < -0.4 is 5.73 Å². The first-order valence-corrected chi connectivity index (χ1v) is 6.16. The van der Waals surface area contributed by atoms with Crippen molar-refractivity contribution in [2.75, 3.05) is 19.6 Å². The van der Waals surface area contributed by atoms with Gasteiger partial charge in [-0.15, -0.1) is 0 Å². The molecular weight excluding hydrogens is 218 g/mol. The van der Waals surface area contributed by atoms with Gasteiger partial charge in [-0.1, -0.05) is 0 Å². The van der Waals surface area contributed by atoms with E-state index in [0.29, 0.717) is 19.6 Å². The van der Waals surface area contributed by atoms with Gasteiger partial charge in [-0.2, -0.15) is 5.26 Å². The summed E-state index contributed by atoms with van der Waals surface area (Å²) in [5.74, 6) is -0.156. The molecule has 3 atom stereocenters. The minimum Gasteiger partial charge on any atom is -0.364 e. The summed E-state index contributed by atoms with van der Waals surface area (Å²) in [6, 6.07) is 2.14. The Morgan fingerprint density at radius 3 is 2.82 bits per heavy atom. The number of nitrogens with zero attached hydrogens (tertiary/aromatic N) is 2. The van der Waals surface area contributed by atoms with E-state index in [2.05, 4.69) is 6.07 Å². The average Bonchev–Trinajstić information content (AvgIpc) is 2.83. The molecule has 0 aromatic heterocycles. The normalized spacial score (nSPS) is 25.3. The van der Waals surface area contributed by atoms with Gasteiger partial charge in [0, 0.05) is 19.6 Å². The molecule has 1 fully saturated rings. The highest BCUT2D eigenvalue weighted by atomic mass is 16.5. The number of likely N-dealkylation sites (N-methyl/N-ethyl adjacent to an activating group) is 1. The minimum atomic E-state index is -0.366. The van der Waals surface area contributed by atoms with Gasteiger partial charge in [-0.3, -0.25) is 4.79 Å². The predicted octanol–water partition coefficient (Wildman–Crippen LogP) is 0.501. The molecule has 1 aliphatic rings. The molecule has 1 rings (SSSR count). The van der Waals surface area contributed by atoms with Gasteiger partial charge in [0.2, 0.25) is 0 Å². The van der Waals surface area contributed by atoms with E-state index in [1.54, 1.807) is 4.90 Å². The Kier molecular flexibility index (Phi) is 5.39. The highest BCUT2D eigenvalue weighted by Gasteiger charge is 2.32. The van der Waals surface area contributed by atoms with Crippen LogP contribution in [0, 0.1) is 17.2 Å². The van der Waals surface area contributed by atoms with Crippen LogP contribution in [0.2, 0.25) is 0 Å². The number of carbonyl (C=O) groups excluding carboxylic acids is 1. The molecule has 0 aliphatic carbocycles. The zero-order valence-electron chi connectivity index (χ0n) is 10.6. The zero-order chi connectivity index (χ0) is 12.8. The molecule has 1 saturated heterocycles. The van der Waals surface area contributed by atoms with Crippen molar-refractivity contribution >= 4 is 5.91 Å². The van der Waals surface area contributed by atoms with Crippen LogP contribution in [0.15, 0.2) is 0 Å². The number of ether oxygens (including phenoxy) is 1. The number of hydrogen-bond donors (Lipinski definition) is 1. The van der Waals surface area contributed by atoms with E-state index in [1.165, 1.54) is 0 Å². The summed E-state index contributed by atoms with van der Waals surface area (Å²) in [6.07, 6.45) is 1.22. The highest BCUT2D eigenvalue weighted by Crippen LogP contribution is 2.21. The molecule has 1 aliphatic heterocycles. The van der Waals surface area contributed by atoms with Crippen LogP contribution in [0.4, 0.5) is 0 Å². The zero-order valence-corrected chi connectivity index (χ0v) is 10.6. The average molecular weight is 239 g/mol. The molecule has 3 unspecified atom stereocenters. The monoisotopic (exact) mass is 239 g/mol. The fourth-order valence-corrected chi connectivity index (χ4v) is 2.01. The van der Waals surface area contributed by atoms with Crippen LogP contribution in [0.5, 0.6) is 0 Å². The topological polar surface area (TPSA) is 79.4 Å². The van der Waals surface area contributed by atoms with Crippen molar-refractivity contribution in [2.24, 2.45) is 11.7 Å². The molecule has 2 N–H and O–H groups in total. The van der Waals surface area contributed by atoms with E-state index in [-0.39, 0.29) is 24.0 Å². The van der Waals surface area contributed by atoms with E-state index in [1.807, 2.05) is 13.8 Å². The maximum Gasteiger partial charge on any atom is 0.251 e. The van der Waals surface area contributed by atoms with Crippen LogP contribution in [-0.2, 0) is 9.53 Å². The van der Waals surface area contributed by atoms with E-state index in [4.69, 9.17) is 15.7 Å². The fourth-order valence-electron chi connectivity index (χ4n) is 2.01. The highest BCUT2D eigenvalue weighted by molar-refractivity contribution is 5.81. The summed E-state index contributed by atoms with van der Waals surface area (Å²) >= 11 is 0. The number of nitriles is 1. The Bertz CT molecular complexity index is 301. The van der Waals surface area contributed by atoms with Gasteiger partial charge < -0.3 is 15.4 Å². The molecule has 96 valence electrons. The lowest BCUT2D eigenvalue weighted by Gasteiger charge is -2.25. The smallest absolute Gasteiger partial charge is 0.251 e. The maximum atomic E-state index is 12.1. The third-order valence-corrected chi connectivity index (χ3v) is 3.05. The molecule has 17 heavy (non-hydrogen) atoms. The Balaban J connectivity index is 2.52. The molecule has 5 heteroatoms. The van der Waals surface area contributed by atoms with Gasteiger partial charge in [-0.05, 0) is 26.7 Å². The molecule has 0 aromatic rings. The number of amides is 1. The van der Waals surface area contributed by atoms with Crippen molar-refractivity contribution < 1.29 is 9.53 Å². The lowest BCUT2D eigenvalue weighted by molar-refractivity contribution is -0.142. The van der Waals surface area contributed by atoms with E-state index >= 15 is 0 Å². The van der Waals surface area contributed by atoms with Crippen LogP contribution in [0.25, 0.3) is 0 Å². The molecule has 1 heterocycles. The summed E-state index contributed by atoms with van der Waals surface area (Å²) < 4.78 is 5.57. The summed E-state index contributed by atoms with van der Waals surface area (Å²) in [7, 11) is 0. The van der Waals surface area contributed by atoms with Crippen LogP contribution in [0.3, 0.4) is 0 Å². The van der Waals surface area contributed by atoms with Gasteiger partial charge >= 0.3 is 0 Å². The van der Waals surface area contributed by atoms with Crippen molar-refractivity contribution in [1.82, 2.24) is 4.90 Å². The number of carbonyl (C=O) groups is 1. The summed E-state index contributed by atoms with van der Waals surface area (Å²) in [6.45, 7) is 5.27. The Labute approximate surface area is 103 Å². The predicted molar refractivity (Wildman–Crippen MR) is 64.0 cm³/mol. The SMILES string of the molecule is CCN(CC(C)C#N)C(=O)C1CCC(CN)O1. The second-order valence-electron chi connectivity index (χ2n) is 4.47. The van der Waals surface area contributed by atoms with Crippen LogP contribution in [0.1, 0.15) is 26.7 Å². The fraction of sp³-hybridized carbons (Fsp3) is 0.833. The van der Waals surface area contributed by atoms with Crippen molar-refractivity contribution in [1.29, 1.82) is 5.26 Å². The lowest BCUT2D eigenvalue weighted by Crippen LogP contribution is -2.41. The Morgan fingerprint density at radius 2 is 2.35 bits per heavy atom. The quantitative estimate of drug-likeness (QED) is 0.757. The largest absolute Gasteiger partial charge is 0.364 e.